The second-order valence-corrected chi connectivity index (χ2v) is 6.75. The van der Waals surface area contributed by atoms with Crippen LogP contribution in [0.2, 0.25) is 0 Å². The van der Waals surface area contributed by atoms with Gasteiger partial charge < -0.3 is 14.4 Å². The second kappa shape index (κ2) is 4.46. The van der Waals surface area contributed by atoms with E-state index in [1.165, 1.54) is 22.0 Å². The Morgan fingerprint density at radius 1 is 1.32 bits per heavy atom. The minimum Gasteiger partial charge on any atom is -0.361 e. The molecule has 1 aromatic carbocycles. The minimum absolute atomic E-state index is 0.435. The van der Waals surface area contributed by atoms with Crippen LogP contribution < -0.4 is 0 Å². The van der Waals surface area contributed by atoms with Gasteiger partial charge in [0.15, 0.2) is 0 Å². The number of H-pyrrole nitrogens is 1. The molecule has 0 unspecified atom stereocenters. The van der Waals surface area contributed by atoms with Crippen LogP contribution in [-0.4, -0.2) is 34.7 Å². The van der Waals surface area contributed by atoms with Crippen LogP contribution in [0, 0.1) is 0 Å². The molecule has 0 spiro atoms. The quantitative estimate of drug-likeness (QED) is 0.749. The maximum absolute atomic E-state index is 5.45. The van der Waals surface area contributed by atoms with Gasteiger partial charge in [0.1, 0.15) is 5.76 Å². The highest BCUT2D eigenvalue weighted by Crippen LogP contribution is 2.46. The number of benzene rings is 1. The summed E-state index contributed by atoms with van der Waals surface area (Å²) in [6.07, 6.45) is 6.24. The lowest BCUT2D eigenvalue weighted by Crippen LogP contribution is -2.47. The van der Waals surface area contributed by atoms with Crippen LogP contribution in [0.15, 0.2) is 41.2 Å². The molecule has 1 fully saturated rings. The minimum atomic E-state index is 0.435. The highest BCUT2D eigenvalue weighted by molar-refractivity contribution is 5.88. The lowest BCUT2D eigenvalue weighted by molar-refractivity contribution is 0.128. The Labute approximate surface area is 129 Å². The van der Waals surface area contributed by atoms with Crippen molar-refractivity contribution in [2.45, 2.75) is 30.7 Å². The first-order valence-electron chi connectivity index (χ1n) is 8.01. The Balaban J connectivity index is 1.62. The van der Waals surface area contributed by atoms with Crippen molar-refractivity contribution in [2.24, 2.45) is 0 Å². The molecule has 112 valence electrons. The molecular formula is C18H19N3O. The van der Waals surface area contributed by atoms with E-state index in [0.29, 0.717) is 17.9 Å². The van der Waals surface area contributed by atoms with Crippen LogP contribution in [0.5, 0.6) is 0 Å². The fourth-order valence-electron chi connectivity index (χ4n) is 4.58. The SMILES string of the molecule is CN1C[C@H](c2ccno2)C[C@@H]2c3cccc4[nH]cc(c34)C[C@H]21. The molecule has 22 heavy (non-hydrogen) atoms. The number of aromatic nitrogens is 2. The molecule has 0 amide bonds. The molecule has 1 aliphatic heterocycles. The fraction of sp³-hybridized carbons (Fsp3) is 0.389. The van der Waals surface area contributed by atoms with Gasteiger partial charge in [-0.05, 0) is 37.1 Å². The summed E-state index contributed by atoms with van der Waals surface area (Å²) in [5.74, 6) is 2.03. The van der Waals surface area contributed by atoms with Gasteiger partial charge in [0.05, 0.1) is 6.20 Å². The van der Waals surface area contributed by atoms with Crippen molar-refractivity contribution >= 4 is 10.9 Å². The average molecular weight is 293 g/mol. The van der Waals surface area contributed by atoms with Gasteiger partial charge in [0.2, 0.25) is 0 Å². The zero-order valence-corrected chi connectivity index (χ0v) is 12.6. The number of fused-ring (bicyclic) bond motifs is 2. The molecule has 0 saturated carbocycles. The Kier molecular flexibility index (Phi) is 2.53. The third kappa shape index (κ3) is 1.64. The number of rotatable bonds is 1. The third-order valence-electron chi connectivity index (χ3n) is 5.59. The molecule has 3 heterocycles. The zero-order chi connectivity index (χ0) is 14.7. The molecule has 3 atom stereocenters. The van der Waals surface area contributed by atoms with Crippen molar-refractivity contribution < 1.29 is 4.52 Å². The van der Waals surface area contributed by atoms with Crippen LogP contribution in [0.25, 0.3) is 10.9 Å². The number of likely N-dealkylation sites (tertiary alicyclic amines) is 1. The molecule has 2 aromatic heterocycles. The van der Waals surface area contributed by atoms with Gasteiger partial charge in [-0.3, -0.25) is 0 Å². The van der Waals surface area contributed by atoms with Crippen LogP contribution in [0.3, 0.4) is 0 Å². The number of nitrogens with one attached hydrogen (secondary N) is 1. The molecule has 0 bridgehead atoms. The van der Waals surface area contributed by atoms with Crippen molar-refractivity contribution in [1.82, 2.24) is 15.0 Å². The highest BCUT2D eigenvalue weighted by atomic mass is 16.5. The molecule has 4 heteroatoms. The van der Waals surface area contributed by atoms with Crippen molar-refractivity contribution in [2.75, 3.05) is 13.6 Å². The number of hydrogen-bond donors (Lipinski definition) is 1. The van der Waals surface area contributed by atoms with E-state index in [2.05, 4.69) is 46.5 Å². The van der Waals surface area contributed by atoms with E-state index in [9.17, 15) is 0 Å². The zero-order valence-electron chi connectivity index (χ0n) is 12.6. The van der Waals surface area contributed by atoms with Crippen molar-refractivity contribution in [3.8, 4) is 0 Å². The third-order valence-corrected chi connectivity index (χ3v) is 5.59. The molecule has 1 aliphatic carbocycles. The Morgan fingerprint density at radius 3 is 3.14 bits per heavy atom. The molecule has 4 nitrogen and oxygen atoms in total. The van der Waals surface area contributed by atoms with Crippen molar-refractivity contribution in [3.63, 3.8) is 0 Å². The number of aromatic amines is 1. The maximum Gasteiger partial charge on any atom is 0.141 e. The van der Waals surface area contributed by atoms with Crippen LogP contribution >= 0.6 is 0 Å². The van der Waals surface area contributed by atoms with Gasteiger partial charge in [-0.2, -0.15) is 0 Å². The summed E-state index contributed by atoms with van der Waals surface area (Å²) in [6.45, 7) is 1.05. The summed E-state index contributed by atoms with van der Waals surface area (Å²) < 4.78 is 5.45. The summed E-state index contributed by atoms with van der Waals surface area (Å²) in [5.41, 5.74) is 4.24. The van der Waals surface area contributed by atoms with Gasteiger partial charge in [-0.1, -0.05) is 17.3 Å². The van der Waals surface area contributed by atoms with Crippen LogP contribution in [0.1, 0.15) is 35.1 Å². The van der Waals surface area contributed by atoms with E-state index in [-0.39, 0.29) is 0 Å². The van der Waals surface area contributed by atoms with E-state index in [4.69, 9.17) is 4.52 Å². The van der Waals surface area contributed by atoms with Gasteiger partial charge in [-0.25, -0.2) is 0 Å². The van der Waals surface area contributed by atoms with Crippen LogP contribution in [-0.2, 0) is 6.42 Å². The maximum atomic E-state index is 5.45. The fourth-order valence-corrected chi connectivity index (χ4v) is 4.58. The van der Waals surface area contributed by atoms with E-state index in [0.717, 1.165) is 25.1 Å². The summed E-state index contributed by atoms with van der Waals surface area (Å²) >= 11 is 0. The normalized spacial score (nSPS) is 28.0. The number of hydrogen-bond acceptors (Lipinski definition) is 3. The van der Waals surface area contributed by atoms with Gasteiger partial charge in [0, 0.05) is 47.6 Å². The Bertz CT molecular complexity index is 820. The molecule has 0 radical (unpaired) electrons. The molecule has 1 N–H and O–H groups in total. The number of piperidine rings is 1. The smallest absolute Gasteiger partial charge is 0.141 e. The second-order valence-electron chi connectivity index (χ2n) is 6.75. The van der Waals surface area contributed by atoms with Crippen molar-refractivity contribution in [3.05, 3.63) is 53.5 Å². The standard InChI is InChI=1S/C18H19N3O/c1-21-10-12(17-5-6-20-22-17)7-14-13-3-2-4-15-18(13)11(9-19-15)8-16(14)21/h2-6,9,12,14,16,19H,7-8,10H2,1H3/t12-,14-,16-/m1/s1. The predicted octanol–water partition coefficient (Wildman–Crippen LogP) is 3.28. The molecular weight excluding hydrogens is 274 g/mol. The average Bonchev–Trinajstić information content (AvgIpc) is 3.19. The van der Waals surface area contributed by atoms with Crippen LogP contribution in [0.4, 0.5) is 0 Å². The Morgan fingerprint density at radius 2 is 2.27 bits per heavy atom. The molecule has 3 aromatic rings. The lowest BCUT2D eigenvalue weighted by atomic mass is 9.72. The predicted molar refractivity (Wildman–Crippen MR) is 85.0 cm³/mol. The molecule has 5 rings (SSSR count). The first kappa shape index (κ1) is 12.5. The van der Waals surface area contributed by atoms with Gasteiger partial charge in [0.25, 0.3) is 0 Å². The van der Waals surface area contributed by atoms with E-state index < -0.39 is 0 Å². The lowest BCUT2D eigenvalue weighted by Gasteiger charge is -2.45. The molecule has 1 saturated heterocycles. The molecule has 2 aliphatic rings. The summed E-state index contributed by atoms with van der Waals surface area (Å²) in [5, 5.41) is 5.35. The number of likely N-dealkylation sites (N-methyl/N-ethyl adjacent to an activating group) is 1. The van der Waals surface area contributed by atoms with Crippen molar-refractivity contribution in [1.29, 1.82) is 0 Å². The van der Waals surface area contributed by atoms with E-state index >= 15 is 0 Å². The highest BCUT2D eigenvalue weighted by Gasteiger charge is 2.40. The summed E-state index contributed by atoms with van der Waals surface area (Å²) in [7, 11) is 2.25. The summed E-state index contributed by atoms with van der Waals surface area (Å²) in [6, 6.07) is 9.28. The Hall–Kier alpha value is -2.07. The number of nitrogens with zero attached hydrogens (tertiary/aromatic N) is 2. The van der Waals surface area contributed by atoms with Gasteiger partial charge >= 0.3 is 0 Å². The first-order chi connectivity index (χ1) is 10.8. The first-order valence-corrected chi connectivity index (χ1v) is 8.01. The van der Waals surface area contributed by atoms with E-state index in [1.54, 1.807) is 6.20 Å². The topological polar surface area (TPSA) is 45.1 Å². The van der Waals surface area contributed by atoms with Gasteiger partial charge in [-0.15, -0.1) is 0 Å². The monoisotopic (exact) mass is 293 g/mol. The summed E-state index contributed by atoms with van der Waals surface area (Å²) in [4.78, 5) is 5.95. The van der Waals surface area contributed by atoms with E-state index in [1.807, 2.05) is 6.07 Å². The largest absolute Gasteiger partial charge is 0.361 e.